The lowest BCUT2D eigenvalue weighted by Gasteiger charge is -2.09. The summed E-state index contributed by atoms with van der Waals surface area (Å²) in [6, 6.07) is 5.74. The summed E-state index contributed by atoms with van der Waals surface area (Å²) in [7, 11) is 1.32. The van der Waals surface area contributed by atoms with Crippen LogP contribution in [0.3, 0.4) is 0 Å². The van der Waals surface area contributed by atoms with Gasteiger partial charge in [0, 0.05) is 19.9 Å². The molecule has 1 aromatic heterocycles. The summed E-state index contributed by atoms with van der Waals surface area (Å²) in [6.07, 6.45) is 2.80. The van der Waals surface area contributed by atoms with Crippen molar-refractivity contribution in [3.8, 4) is 0 Å². The van der Waals surface area contributed by atoms with Crippen LogP contribution >= 0.6 is 38.5 Å². The zero-order valence-corrected chi connectivity index (χ0v) is 13.6. The standard InChI is InChI=1S/C12H9BrIN3O2/c1-19-12(18)8-5-15-6-16-11(8)17-7-2-3-9(13)10(14)4-7/h2-6H,1H3,(H,15,16,17). The van der Waals surface area contributed by atoms with E-state index >= 15 is 0 Å². The van der Waals surface area contributed by atoms with Crippen LogP contribution in [-0.4, -0.2) is 23.0 Å². The molecule has 5 nitrogen and oxygen atoms in total. The van der Waals surface area contributed by atoms with Gasteiger partial charge in [0.25, 0.3) is 0 Å². The number of halogens is 2. The number of carbonyl (C=O) groups is 1. The van der Waals surface area contributed by atoms with Crippen molar-refractivity contribution < 1.29 is 9.53 Å². The Labute approximate surface area is 132 Å². The van der Waals surface area contributed by atoms with E-state index in [1.807, 2.05) is 18.2 Å². The molecule has 0 atom stereocenters. The maximum absolute atomic E-state index is 11.6. The van der Waals surface area contributed by atoms with Gasteiger partial charge in [-0.2, -0.15) is 0 Å². The number of esters is 1. The number of rotatable bonds is 3. The zero-order valence-electron chi connectivity index (χ0n) is 9.85. The molecule has 0 aliphatic heterocycles. The molecule has 0 spiro atoms. The largest absolute Gasteiger partial charge is 0.465 e. The first-order valence-corrected chi connectivity index (χ1v) is 7.09. The van der Waals surface area contributed by atoms with E-state index in [1.165, 1.54) is 19.6 Å². The van der Waals surface area contributed by atoms with E-state index in [0.29, 0.717) is 11.4 Å². The molecule has 0 bridgehead atoms. The molecule has 0 fully saturated rings. The average Bonchev–Trinajstić information content (AvgIpc) is 2.43. The summed E-state index contributed by atoms with van der Waals surface area (Å²) in [5.41, 5.74) is 1.12. The Morgan fingerprint density at radius 3 is 2.95 bits per heavy atom. The van der Waals surface area contributed by atoms with Gasteiger partial charge >= 0.3 is 5.97 Å². The third-order valence-corrected chi connectivity index (χ3v) is 4.63. The minimum Gasteiger partial charge on any atom is -0.465 e. The fourth-order valence-electron chi connectivity index (χ4n) is 1.40. The molecule has 0 amide bonds. The Morgan fingerprint density at radius 1 is 1.47 bits per heavy atom. The van der Waals surface area contributed by atoms with Crippen LogP contribution in [0.4, 0.5) is 11.5 Å². The lowest BCUT2D eigenvalue weighted by molar-refractivity contribution is 0.0601. The maximum atomic E-state index is 11.6. The Bertz CT molecular complexity index is 622. The molecule has 1 N–H and O–H groups in total. The molecular formula is C12H9BrIN3O2. The van der Waals surface area contributed by atoms with Crippen molar-refractivity contribution in [1.82, 2.24) is 9.97 Å². The highest BCUT2D eigenvalue weighted by molar-refractivity contribution is 14.1. The number of nitrogens with one attached hydrogen (secondary N) is 1. The molecule has 98 valence electrons. The van der Waals surface area contributed by atoms with Gasteiger partial charge in [0.05, 0.1) is 7.11 Å². The first-order chi connectivity index (χ1) is 9.11. The van der Waals surface area contributed by atoms with Crippen LogP contribution in [0.2, 0.25) is 0 Å². The fourth-order valence-corrected chi connectivity index (χ4v) is 2.16. The van der Waals surface area contributed by atoms with E-state index in [4.69, 9.17) is 0 Å². The van der Waals surface area contributed by atoms with Gasteiger partial charge in [0.2, 0.25) is 0 Å². The summed E-state index contributed by atoms with van der Waals surface area (Å²) in [6.45, 7) is 0. The number of hydrogen-bond donors (Lipinski definition) is 1. The minimum absolute atomic E-state index is 0.294. The quantitative estimate of drug-likeness (QED) is 0.593. The third-order valence-electron chi connectivity index (χ3n) is 2.30. The molecule has 1 aromatic carbocycles. The highest BCUT2D eigenvalue weighted by atomic mass is 127. The van der Waals surface area contributed by atoms with Crippen molar-refractivity contribution in [2.24, 2.45) is 0 Å². The first kappa shape index (κ1) is 14.2. The molecule has 0 aliphatic rings. The van der Waals surface area contributed by atoms with Crippen molar-refractivity contribution in [1.29, 1.82) is 0 Å². The van der Waals surface area contributed by atoms with Gasteiger partial charge in [-0.15, -0.1) is 0 Å². The molecule has 0 saturated carbocycles. The van der Waals surface area contributed by atoms with E-state index in [2.05, 4.69) is 58.5 Å². The first-order valence-electron chi connectivity index (χ1n) is 5.22. The summed E-state index contributed by atoms with van der Waals surface area (Å²) < 4.78 is 6.75. The second-order valence-corrected chi connectivity index (χ2v) is 5.55. The molecule has 1 heterocycles. The molecule has 0 saturated heterocycles. The Hall–Kier alpha value is -1.22. The van der Waals surface area contributed by atoms with Crippen molar-refractivity contribution >= 4 is 56.0 Å². The smallest absolute Gasteiger partial charge is 0.343 e. The SMILES string of the molecule is COC(=O)c1cncnc1Nc1ccc(Br)c(I)c1. The predicted octanol–water partition coefficient (Wildman–Crippen LogP) is 3.37. The van der Waals surface area contributed by atoms with Gasteiger partial charge in [-0.3, -0.25) is 0 Å². The van der Waals surface area contributed by atoms with Crippen molar-refractivity contribution in [2.45, 2.75) is 0 Å². The maximum Gasteiger partial charge on any atom is 0.343 e. The van der Waals surface area contributed by atoms with Crippen molar-refractivity contribution in [2.75, 3.05) is 12.4 Å². The van der Waals surface area contributed by atoms with Crippen LogP contribution in [0.1, 0.15) is 10.4 Å². The van der Waals surface area contributed by atoms with Gasteiger partial charge in [0.1, 0.15) is 17.7 Å². The summed E-state index contributed by atoms with van der Waals surface area (Å²) in [4.78, 5) is 19.5. The lowest BCUT2D eigenvalue weighted by Crippen LogP contribution is -2.08. The van der Waals surface area contributed by atoms with Crippen molar-refractivity contribution in [3.63, 3.8) is 0 Å². The monoisotopic (exact) mass is 433 g/mol. The summed E-state index contributed by atoms with van der Waals surface area (Å²) >= 11 is 5.64. The van der Waals surface area contributed by atoms with Crippen LogP contribution < -0.4 is 5.32 Å². The van der Waals surface area contributed by atoms with Crippen LogP contribution in [0.25, 0.3) is 0 Å². The molecule has 7 heteroatoms. The van der Waals surface area contributed by atoms with Gasteiger partial charge in [0.15, 0.2) is 0 Å². The van der Waals surface area contributed by atoms with Crippen LogP contribution in [0, 0.1) is 3.57 Å². The molecule has 0 aliphatic carbocycles. The average molecular weight is 434 g/mol. The molecule has 0 unspecified atom stereocenters. The number of ether oxygens (including phenoxy) is 1. The second kappa shape index (κ2) is 6.29. The highest BCUT2D eigenvalue weighted by Crippen LogP contribution is 2.25. The van der Waals surface area contributed by atoms with Gasteiger partial charge < -0.3 is 10.1 Å². The van der Waals surface area contributed by atoms with Crippen LogP contribution in [0.5, 0.6) is 0 Å². The molecule has 19 heavy (non-hydrogen) atoms. The molecule has 0 radical (unpaired) electrons. The highest BCUT2D eigenvalue weighted by Gasteiger charge is 2.13. The zero-order chi connectivity index (χ0) is 13.8. The van der Waals surface area contributed by atoms with Gasteiger partial charge in [-0.1, -0.05) is 0 Å². The van der Waals surface area contributed by atoms with E-state index in [0.717, 1.165) is 13.7 Å². The van der Waals surface area contributed by atoms with E-state index < -0.39 is 5.97 Å². The summed E-state index contributed by atoms with van der Waals surface area (Å²) in [5.74, 6) is -0.0603. The number of benzene rings is 1. The number of hydrogen-bond acceptors (Lipinski definition) is 5. The second-order valence-electron chi connectivity index (χ2n) is 3.53. The number of methoxy groups -OCH3 is 1. The number of anilines is 2. The number of aromatic nitrogens is 2. The summed E-state index contributed by atoms with van der Waals surface area (Å²) in [5, 5.41) is 3.08. The number of carbonyl (C=O) groups excluding carboxylic acids is 1. The Morgan fingerprint density at radius 2 is 2.26 bits per heavy atom. The molecule has 2 aromatic rings. The van der Waals surface area contributed by atoms with Gasteiger partial charge in [-0.05, 0) is 56.7 Å². The van der Waals surface area contributed by atoms with E-state index in [-0.39, 0.29) is 0 Å². The van der Waals surface area contributed by atoms with Crippen LogP contribution in [0.15, 0.2) is 35.2 Å². The van der Waals surface area contributed by atoms with E-state index in [1.54, 1.807) is 0 Å². The minimum atomic E-state index is -0.477. The lowest BCUT2D eigenvalue weighted by atomic mass is 10.3. The van der Waals surface area contributed by atoms with Crippen LogP contribution in [-0.2, 0) is 4.74 Å². The topological polar surface area (TPSA) is 64.1 Å². The van der Waals surface area contributed by atoms with E-state index in [9.17, 15) is 4.79 Å². The Balaban J connectivity index is 2.32. The van der Waals surface area contributed by atoms with Crippen molar-refractivity contribution in [3.05, 3.63) is 44.3 Å². The molecule has 2 rings (SSSR count). The normalized spacial score (nSPS) is 10.1. The third kappa shape index (κ3) is 3.41. The predicted molar refractivity (Wildman–Crippen MR) is 83.5 cm³/mol. The molecular weight excluding hydrogens is 425 g/mol. The van der Waals surface area contributed by atoms with Gasteiger partial charge in [-0.25, -0.2) is 14.8 Å². The fraction of sp³-hybridized carbons (Fsp3) is 0.0833. The Kier molecular flexibility index (Phi) is 4.70. The number of nitrogens with zero attached hydrogens (tertiary/aromatic N) is 2.